The van der Waals surface area contributed by atoms with Crippen molar-refractivity contribution in [3.05, 3.63) is 62.7 Å². The van der Waals surface area contributed by atoms with Gasteiger partial charge < -0.3 is 19.9 Å². The Hall–Kier alpha value is -3.04. The van der Waals surface area contributed by atoms with Crippen LogP contribution in [-0.4, -0.2) is 41.6 Å². The maximum absolute atomic E-state index is 12.3. The van der Waals surface area contributed by atoms with Crippen LogP contribution < -0.4 is 14.8 Å². The molecule has 2 aromatic carbocycles. The second-order valence-electron chi connectivity index (χ2n) is 6.21. The standard InChI is InChI=1S/C20H16BrClN2O6/c1-29-16-7-12(6-15-19(27)24(9-18(25)26)20(28)23-15)14(21)8-17(16)30-10-11-2-4-13(22)5-3-11/h2-8H,9-10H2,1H3,(H,23,28)(H,25,26)/b15-6+. The summed E-state index contributed by atoms with van der Waals surface area (Å²) in [4.78, 5) is 35.6. The molecule has 2 aromatic rings. The molecular formula is C20H16BrClN2O6. The Bertz CT molecular complexity index is 1040. The van der Waals surface area contributed by atoms with Crippen LogP contribution in [0.1, 0.15) is 11.1 Å². The van der Waals surface area contributed by atoms with Gasteiger partial charge in [-0.05, 0) is 41.5 Å². The van der Waals surface area contributed by atoms with Gasteiger partial charge in [-0.1, -0.05) is 39.7 Å². The summed E-state index contributed by atoms with van der Waals surface area (Å²) in [6.07, 6.45) is 1.43. The number of carbonyl (C=O) groups is 3. The maximum Gasteiger partial charge on any atom is 0.329 e. The molecule has 3 amide bonds. The van der Waals surface area contributed by atoms with Crippen LogP contribution in [0.3, 0.4) is 0 Å². The summed E-state index contributed by atoms with van der Waals surface area (Å²) >= 11 is 9.30. The van der Waals surface area contributed by atoms with Crippen molar-refractivity contribution in [1.29, 1.82) is 0 Å². The Morgan fingerprint density at radius 1 is 1.23 bits per heavy atom. The van der Waals surface area contributed by atoms with Crippen molar-refractivity contribution in [2.45, 2.75) is 6.61 Å². The first kappa shape index (κ1) is 21.7. The Labute approximate surface area is 185 Å². The van der Waals surface area contributed by atoms with E-state index in [1.165, 1.54) is 13.2 Å². The molecule has 8 nitrogen and oxygen atoms in total. The topological polar surface area (TPSA) is 105 Å². The molecule has 30 heavy (non-hydrogen) atoms. The van der Waals surface area contributed by atoms with E-state index < -0.39 is 24.5 Å². The van der Waals surface area contributed by atoms with Gasteiger partial charge in [0.25, 0.3) is 5.91 Å². The van der Waals surface area contributed by atoms with E-state index in [4.69, 9.17) is 26.2 Å². The Kier molecular flexibility index (Phi) is 6.63. The summed E-state index contributed by atoms with van der Waals surface area (Å²) in [5, 5.41) is 11.8. The summed E-state index contributed by atoms with van der Waals surface area (Å²) < 4.78 is 11.8. The third-order valence-corrected chi connectivity index (χ3v) is 5.08. The molecule has 1 saturated heterocycles. The highest BCUT2D eigenvalue weighted by Gasteiger charge is 2.35. The van der Waals surface area contributed by atoms with Gasteiger partial charge in [0, 0.05) is 9.50 Å². The molecule has 10 heteroatoms. The van der Waals surface area contributed by atoms with E-state index in [-0.39, 0.29) is 5.70 Å². The number of nitrogens with zero attached hydrogens (tertiary/aromatic N) is 1. The van der Waals surface area contributed by atoms with Crippen molar-refractivity contribution in [2.24, 2.45) is 0 Å². The summed E-state index contributed by atoms with van der Waals surface area (Å²) in [5.41, 5.74) is 1.41. The molecule has 0 aliphatic carbocycles. The Balaban J connectivity index is 1.82. The van der Waals surface area contributed by atoms with E-state index in [9.17, 15) is 14.4 Å². The number of ether oxygens (including phenoxy) is 2. The van der Waals surface area contributed by atoms with Gasteiger partial charge in [-0.3, -0.25) is 9.59 Å². The number of carboxylic acids is 1. The molecule has 3 rings (SSSR count). The lowest BCUT2D eigenvalue weighted by Crippen LogP contribution is -2.35. The molecule has 1 aliphatic rings. The molecule has 1 aliphatic heterocycles. The van der Waals surface area contributed by atoms with Crippen LogP contribution >= 0.6 is 27.5 Å². The number of amides is 3. The average Bonchev–Trinajstić information content (AvgIpc) is 2.96. The first-order valence-corrected chi connectivity index (χ1v) is 9.76. The number of imide groups is 1. The van der Waals surface area contributed by atoms with Gasteiger partial charge in [0.1, 0.15) is 18.8 Å². The van der Waals surface area contributed by atoms with Crippen molar-refractivity contribution in [2.75, 3.05) is 13.7 Å². The molecule has 1 heterocycles. The average molecular weight is 496 g/mol. The largest absolute Gasteiger partial charge is 0.493 e. The van der Waals surface area contributed by atoms with Gasteiger partial charge in [0.2, 0.25) is 0 Å². The highest BCUT2D eigenvalue weighted by molar-refractivity contribution is 9.10. The molecule has 0 atom stereocenters. The first-order chi connectivity index (χ1) is 14.3. The highest BCUT2D eigenvalue weighted by Crippen LogP contribution is 2.35. The van der Waals surface area contributed by atoms with Crippen LogP contribution in [-0.2, 0) is 16.2 Å². The quantitative estimate of drug-likeness (QED) is 0.449. The number of carboxylic acid groups (broad SMARTS) is 1. The molecule has 1 fully saturated rings. The van der Waals surface area contributed by atoms with E-state index in [1.54, 1.807) is 24.3 Å². The van der Waals surface area contributed by atoms with Crippen molar-refractivity contribution in [1.82, 2.24) is 10.2 Å². The molecule has 156 valence electrons. The summed E-state index contributed by atoms with van der Waals surface area (Å²) in [6, 6.07) is 9.75. The van der Waals surface area contributed by atoms with Crippen LogP contribution in [0.4, 0.5) is 4.79 Å². The van der Waals surface area contributed by atoms with Crippen LogP contribution in [0.15, 0.2) is 46.6 Å². The van der Waals surface area contributed by atoms with Gasteiger partial charge in [-0.2, -0.15) is 0 Å². The van der Waals surface area contributed by atoms with Crippen molar-refractivity contribution >= 4 is 51.5 Å². The number of hydrogen-bond acceptors (Lipinski definition) is 5. The smallest absolute Gasteiger partial charge is 0.329 e. The number of halogens is 2. The molecule has 0 spiro atoms. The number of hydrogen-bond donors (Lipinski definition) is 2. The normalized spacial score (nSPS) is 14.8. The number of rotatable bonds is 7. The summed E-state index contributed by atoms with van der Waals surface area (Å²) in [6.45, 7) is -0.428. The zero-order valence-corrected chi connectivity index (χ0v) is 18.0. The number of aliphatic carboxylic acids is 1. The van der Waals surface area contributed by atoms with E-state index in [0.29, 0.717) is 38.1 Å². The minimum atomic E-state index is -1.29. The lowest BCUT2D eigenvalue weighted by molar-refractivity contribution is -0.140. The first-order valence-electron chi connectivity index (χ1n) is 8.59. The molecular weight excluding hydrogens is 480 g/mol. The molecule has 2 N–H and O–H groups in total. The third kappa shape index (κ3) is 4.92. The molecule has 0 unspecified atom stereocenters. The molecule has 0 saturated carbocycles. The maximum atomic E-state index is 12.3. The lowest BCUT2D eigenvalue weighted by atomic mass is 10.1. The number of methoxy groups -OCH3 is 1. The zero-order chi connectivity index (χ0) is 21.8. The van der Waals surface area contributed by atoms with Gasteiger partial charge in [-0.25, -0.2) is 9.69 Å². The van der Waals surface area contributed by atoms with Crippen molar-refractivity contribution in [3.63, 3.8) is 0 Å². The molecule has 0 bridgehead atoms. The summed E-state index contributed by atoms with van der Waals surface area (Å²) in [7, 11) is 1.48. The van der Waals surface area contributed by atoms with Crippen LogP contribution in [0, 0.1) is 0 Å². The van der Waals surface area contributed by atoms with E-state index in [2.05, 4.69) is 21.2 Å². The number of carbonyl (C=O) groups excluding carboxylic acids is 2. The van der Waals surface area contributed by atoms with E-state index in [1.807, 2.05) is 12.1 Å². The Morgan fingerprint density at radius 3 is 2.57 bits per heavy atom. The van der Waals surface area contributed by atoms with Crippen LogP contribution in [0.2, 0.25) is 5.02 Å². The monoisotopic (exact) mass is 494 g/mol. The molecule has 0 radical (unpaired) electrons. The van der Waals surface area contributed by atoms with E-state index >= 15 is 0 Å². The van der Waals surface area contributed by atoms with E-state index in [0.717, 1.165) is 5.56 Å². The second-order valence-corrected chi connectivity index (χ2v) is 7.50. The fourth-order valence-electron chi connectivity index (χ4n) is 2.68. The minimum absolute atomic E-state index is 0.0427. The highest BCUT2D eigenvalue weighted by atomic mass is 79.9. The third-order valence-electron chi connectivity index (χ3n) is 4.15. The minimum Gasteiger partial charge on any atom is -0.493 e. The Morgan fingerprint density at radius 2 is 1.93 bits per heavy atom. The van der Waals surface area contributed by atoms with Crippen LogP contribution in [0.5, 0.6) is 11.5 Å². The fourth-order valence-corrected chi connectivity index (χ4v) is 3.24. The fraction of sp³-hybridized carbons (Fsp3) is 0.150. The molecule has 0 aromatic heterocycles. The van der Waals surface area contributed by atoms with Crippen LogP contribution in [0.25, 0.3) is 6.08 Å². The predicted molar refractivity (Wildman–Crippen MR) is 112 cm³/mol. The lowest BCUT2D eigenvalue weighted by Gasteiger charge is -2.13. The number of urea groups is 1. The van der Waals surface area contributed by atoms with Gasteiger partial charge in [0.05, 0.1) is 7.11 Å². The summed E-state index contributed by atoms with van der Waals surface area (Å²) in [5.74, 6) is -1.13. The zero-order valence-electron chi connectivity index (χ0n) is 15.6. The van der Waals surface area contributed by atoms with Crippen molar-refractivity contribution < 1.29 is 29.0 Å². The van der Waals surface area contributed by atoms with Gasteiger partial charge in [0.15, 0.2) is 11.5 Å². The number of benzene rings is 2. The second kappa shape index (κ2) is 9.19. The number of nitrogens with one attached hydrogen (secondary N) is 1. The van der Waals surface area contributed by atoms with Gasteiger partial charge >= 0.3 is 12.0 Å². The predicted octanol–water partition coefficient (Wildman–Crippen LogP) is 3.67. The van der Waals surface area contributed by atoms with Crippen molar-refractivity contribution in [3.8, 4) is 11.5 Å². The SMILES string of the molecule is COc1cc(/C=C2/NC(=O)N(CC(=O)O)C2=O)c(Br)cc1OCc1ccc(Cl)cc1. The van der Waals surface area contributed by atoms with Gasteiger partial charge in [-0.15, -0.1) is 0 Å².